The Morgan fingerprint density at radius 1 is 0.339 bits per heavy atom. The zero-order chi connectivity index (χ0) is 43.1. The summed E-state index contributed by atoms with van der Waals surface area (Å²) in [6.45, 7) is 9.05. The largest absolute Gasteiger partial charge is 0.462 e. The van der Waals surface area contributed by atoms with Crippen LogP contribution in [0, 0.1) is 5.92 Å². The third-order valence-corrected chi connectivity index (χ3v) is 12.4. The lowest BCUT2D eigenvalue weighted by Crippen LogP contribution is -2.30. The van der Waals surface area contributed by atoms with Crippen LogP contribution in [-0.2, 0) is 28.6 Å². The highest BCUT2D eigenvalue weighted by Gasteiger charge is 2.19. The first-order chi connectivity index (χ1) is 28.9. The van der Waals surface area contributed by atoms with Crippen LogP contribution in [-0.4, -0.2) is 37.2 Å². The maximum Gasteiger partial charge on any atom is 0.306 e. The van der Waals surface area contributed by atoms with Gasteiger partial charge >= 0.3 is 17.9 Å². The Morgan fingerprint density at radius 2 is 0.593 bits per heavy atom. The molecule has 0 amide bonds. The first-order valence-corrected chi connectivity index (χ1v) is 26.4. The summed E-state index contributed by atoms with van der Waals surface area (Å²) in [6.07, 6.45) is 49.5. The highest BCUT2D eigenvalue weighted by molar-refractivity contribution is 5.71. The summed E-state index contributed by atoms with van der Waals surface area (Å²) in [7, 11) is 0. The second-order valence-corrected chi connectivity index (χ2v) is 18.4. The van der Waals surface area contributed by atoms with Crippen molar-refractivity contribution in [2.24, 2.45) is 5.92 Å². The van der Waals surface area contributed by atoms with Crippen molar-refractivity contribution in [3.8, 4) is 0 Å². The minimum absolute atomic E-state index is 0.0629. The Balaban J connectivity index is 4.12. The predicted molar refractivity (Wildman–Crippen MR) is 252 cm³/mol. The van der Waals surface area contributed by atoms with Crippen molar-refractivity contribution >= 4 is 17.9 Å². The van der Waals surface area contributed by atoms with E-state index in [0.29, 0.717) is 19.3 Å². The van der Waals surface area contributed by atoms with Crippen LogP contribution in [0.25, 0.3) is 0 Å². The molecular formula is C53H102O6. The van der Waals surface area contributed by atoms with Gasteiger partial charge in [0.1, 0.15) is 13.2 Å². The second kappa shape index (κ2) is 47.5. The third kappa shape index (κ3) is 45.8. The molecule has 0 bridgehead atoms. The van der Waals surface area contributed by atoms with Gasteiger partial charge < -0.3 is 14.2 Å². The van der Waals surface area contributed by atoms with Crippen molar-refractivity contribution in [1.29, 1.82) is 0 Å². The number of rotatable bonds is 48. The standard InChI is InChI=1S/C53H102O6/c1-5-8-10-12-14-16-29-32-36-40-44-51(54)57-47-50(59-53(56)46-42-38-34-27-15-13-11-9-6-2)48-58-52(55)45-41-37-33-30-26-24-22-20-18-17-19-21-23-25-28-31-35-39-43-49(4)7-3/h49-50H,5-48H2,1-4H3/t49?,50-/m0/s1. The average molecular weight is 835 g/mol. The molecule has 6 heteroatoms. The van der Waals surface area contributed by atoms with Gasteiger partial charge in [0.25, 0.3) is 0 Å². The van der Waals surface area contributed by atoms with Crippen LogP contribution in [0.2, 0.25) is 0 Å². The normalized spacial score (nSPS) is 12.4. The maximum atomic E-state index is 12.7. The number of carbonyl (C=O) groups is 3. The molecule has 0 fully saturated rings. The van der Waals surface area contributed by atoms with Crippen LogP contribution in [0.3, 0.4) is 0 Å². The van der Waals surface area contributed by atoms with Gasteiger partial charge in [0.05, 0.1) is 0 Å². The summed E-state index contributed by atoms with van der Waals surface area (Å²) in [5, 5.41) is 0. The number of esters is 3. The van der Waals surface area contributed by atoms with Crippen LogP contribution in [0.1, 0.15) is 297 Å². The van der Waals surface area contributed by atoms with Gasteiger partial charge in [0.15, 0.2) is 6.10 Å². The number of hydrogen-bond donors (Lipinski definition) is 0. The van der Waals surface area contributed by atoms with E-state index in [1.165, 1.54) is 193 Å². The van der Waals surface area contributed by atoms with E-state index in [9.17, 15) is 14.4 Å². The molecule has 2 atom stereocenters. The van der Waals surface area contributed by atoms with Gasteiger partial charge in [-0.2, -0.15) is 0 Å². The molecular weight excluding hydrogens is 733 g/mol. The lowest BCUT2D eigenvalue weighted by Gasteiger charge is -2.18. The fraction of sp³-hybridized carbons (Fsp3) is 0.943. The van der Waals surface area contributed by atoms with Gasteiger partial charge in [0.2, 0.25) is 0 Å². The summed E-state index contributed by atoms with van der Waals surface area (Å²) < 4.78 is 16.7. The van der Waals surface area contributed by atoms with E-state index >= 15 is 0 Å². The number of carbonyl (C=O) groups excluding carboxylic acids is 3. The molecule has 0 aromatic rings. The number of unbranched alkanes of at least 4 members (excludes halogenated alkanes) is 34. The van der Waals surface area contributed by atoms with E-state index in [0.717, 1.165) is 63.7 Å². The summed E-state index contributed by atoms with van der Waals surface area (Å²) in [4.78, 5) is 37.8. The van der Waals surface area contributed by atoms with E-state index in [1.807, 2.05) is 0 Å². The molecule has 0 radical (unpaired) electrons. The van der Waals surface area contributed by atoms with Crippen molar-refractivity contribution in [1.82, 2.24) is 0 Å². The second-order valence-electron chi connectivity index (χ2n) is 18.4. The molecule has 0 aliphatic heterocycles. The van der Waals surface area contributed by atoms with Gasteiger partial charge in [-0.3, -0.25) is 14.4 Å². The number of hydrogen-bond acceptors (Lipinski definition) is 6. The summed E-state index contributed by atoms with van der Waals surface area (Å²) >= 11 is 0. The zero-order valence-corrected chi connectivity index (χ0v) is 40.2. The van der Waals surface area contributed by atoms with Crippen LogP contribution >= 0.6 is 0 Å². The Hall–Kier alpha value is -1.59. The van der Waals surface area contributed by atoms with Crippen molar-refractivity contribution in [3.63, 3.8) is 0 Å². The third-order valence-electron chi connectivity index (χ3n) is 12.4. The molecule has 0 N–H and O–H groups in total. The average Bonchev–Trinajstić information content (AvgIpc) is 3.23. The van der Waals surface area contributed by atoms with Gasteiger partial charge in [0, 0.05) is 19.3 Å². The molecule has 0 rings (SSSR count). The highest BCUT2D eigenvalue weighted by Crippen LogP contribution is 2.18. The topological polar surface area (TPSA) is 78.9 Å². The fourth-order valence-corrected chi connectivity index (χ4v) is 8.01. The molecule has 6 nitrogen and oxygen atoms in total. The number of ether oxygens (including phenoxy) is 3. The molecule has 0 aliphatic carbocycles. The SMILES string of the molecule is CCCCCCCCCCCCC(=O)OC[C@@H](COC(=O)CCCCCCCCCCCCCCCCCCCCC(C)CC)OC(=O)CCCCCCCCCCC. The fourth-order valence-electron chi connectivity index (χ4n) is 8.01. The Bertz CT molecular complexity index is 889. The molecule has 59 heavy (non-hydrogen) atoms. The van der Waals surface area contributed by atoms with Crippen molar-refractivity contribution in [2.75, 3.05) is 13.2 Å². The van der Waals surface area contributed by atoms with Crippen molar-refractivity contribution < 1.29 is 28.6 Å². The van der Waals surface area contributed by atoms with Crippen LogP contribution in [0.15, 0.2) is 0 Å². The highest BCUT2D eigenvalue weighted by atomic mass is 16.6. The lowest BCUT2D eigenvalue weighted by atomic mass is 9.99. The summed E-state index contributed by atoms with van der Waals surface area (Å²) in [6, 6.07) is 0. The maximum absolute atomic E-state index is 12.7. The molecule has 0 aromatic carbocycles. The molecule has 0 spiro atoms. The van der Waals surface area contributed by atoms with Gasteiger partial charge in [-0.15, -0.1) is 0 Å². The minimum Gasteiger partial charge on any atom is -0.462 e. The summed E-state index contributed by atoms with van der Waals surface area (Å²) in [5.74, 6) is 0.0612. The van der Waals surface area contributed by atoms with Gasteiger partial charge in [-0.1, -0.05) is 259 Å². The zero-order valence-electron chi connectivity index (χ0n) is 40.2. The summed E-state index contributed by atoms with van der Waals surface area (Å²) in [5.41, 5.74) is 0. The van der Waals surface area contributed by atoms with Crippen LogP contribution in [0.4, 0.5) is 0 Å². The molecule has 0 heterocycles. The van der Waals surface area contributed by atoms with E-state index in [4.69, 9.17) is 14.2 Å². The van der Waals surface area contributed by atoms with Crippen LogP contribution < -0.4 is 0 Å². The molecule has 350 valence electrons. The minimum atomic E-state index is -0.759. The van der Waals surface area contributed by atoms with Crippen molar-refractivity contribution in [3.05, 3.63) is 0 Å². The first kappa shape index (κ1) is 57.4. The van der Waals surface area contributed by atoms with E-state index in [1.54, 1.807) is 0 Å². The monoisotopic (exact) mass is 835 g/mol. The Labute approximate surface area is 368 Å². The van der Waals surface area contributed by atoms with E-state index in [-0.39, 0.29) is 31.1 Å². The van der Waals surface area contributed by atoms with Gasteiger partial charge in [-0.05, 0) is 25.2 Å². The Morgan fingerprint density at radius 3 is 0.881 bits per heavy atom. The molecule has 1 unspecified atom stereocenters. The predicted octanol–water partition coefficient (Wildman–Crippen LogP) is 17.1. The van der Waals surface area contributed by atoms with Crippen molar-refractivity contribution in [2.45, 2.75) is 303 Å². The molecule has 0 saturated heterocycles. The quantitative estimate of drug-likeness (QED) is 0.0345. The van der Waals surface area contributed by atoms with E-state index in [2.05, 4.69) is 27.7 Å². The first-order valence-electron chi connectivity index (χ1n) is 26.4. The lowest BCUT2D eigenvalue weighted by molar-refractivity contribution is -0.167. The Kier molecular flexibility index (Phi) is 46.2. The molecule has 0 saturated carbocycles. The molecule has 0 aliphatic rings. The smallest absolute Gasteiger partial charge is 0.306 e. The molecule has 0 aromatic heterocycles. The van der Waals surface area contributed by atoms with E-state index < -0.39 is 6.10 Å². The van der Waals surface area contributed by atoms with Crippen LogP contribution in [0.5, 0.6) is 0 Å². The van der Waals surface area contributed by atoms with Gasteiger partial charge in [-0.25, -0.2) is 0 Å².